The zero-order valence-corrected chi connectivity index (χ0v) is 17.7. The number of amides is 1. The van der Waals surface area contributed by atoms with Gasteiger partial charge in [-0.2, -0.15) is 0 Å². The lowest BCUT2D eigenvalue weighted by Gasteiger charge is -2.34. The summed E-state index contributed by atoms with van der Waals surface area (Å²) < 4.78 is 14.4. The van der Waals surface area contributed by atoms with Crippen molar-refractivity contribution >= 4 is 44.2 Å². The number of fused-ring (bicyclic) bond motifs is 1. The molecule has 0 saturated carbocycles. The molecular formula is C21H22ClFN4OS. The molecule has 2 heterocycles. The minimum Gasteiger partial charge on any atom is -0.351 e. The van der Waals surface area contributed by atoms with Crippen molar-refractivity contribution in [2.75, 3.05) is 44.2 Å². The number of anilines is 1. The molecule has 0 radical (unpaired) electrons. The Balaban J connectivity index is 1.27. The third kappa shape index (κ3) is 4.52. The van der Waals surface area contributed by atoms with Gasteiger partial charge in [-0.25, -0.2) is 9.37 Å². The molecule has 5 nitrogen and oxygen atoms in total. The zero-order valence-electron chi connectivity index (χ0n) is 16.1. The van der Waals surface area contributed by atoms with Crippen molar-refractivity contribution in [3.8, 4) is 0 Å². The summed E-state index contributed by atoms with van der Waals surface area (Å²) in [6, 6.07) is 9.70. The number of carbonyl (C=O) groups is 1. The second-order valence-electron chi connectivity index (χ2n) is 7.11. The Morgan fingerprint density at radius 3 is 2.79 bits per heavy atom. The number of rotatable bonds is 5. The summed E-state index contributed by atoms with van der Waals surface area (Å²) in [5.74, 6) is -0.646. The largest absolute Gasteiger partial charge is 0.351 e. The second-order valence-corrected chi connectivity index (χ2v) is 8.53. The van der Waals surface area contributed by atoms with E-state index in [-0.39, 0.29) is 5.91 Å². The van der Waals surface area contributed by atoms with Gasteiger partial charge in [0.1, 0.15) is 5.82 Å². The van der Waals surface area contributed by atoms with Gasteiger partial charge in [-0.1, -0.05) is 29.0 Å². The normalized spacial score (nSPS) is 15.1. The van der Waals surface area contributed by atoms with Gasteiger partial charge in [-0.05, 0) is 42.8 Å². The molecule has 0 bridgehead atoms. The monoisotopic (exact) mass is 432 g/mol. The van der Waals surface area contributed by atoms with Crippen LogP contribution in [0.2, 0.25) is 5.02 Å². The van der Waals surface area contributed by atoms with Crippen LogP contribution in [0.15, 0.2) is 36.4 Å². The van der Waals surface area contributed by atoms with Crippen LogP contribution in [0.3, 0.4) is 0 Å². The lowest BCUT2D eigenvalue weighted by atomic mass is 10.2. The van der Waals surface area contributed by atoms with E-state index in [0.29, 0.717) is 12.1 Å². The highest BCUT2D eigenvalue weighted by atomic mass is 35.5. The number of hydrogen-bond acceptors (Lipinski definition) is 5. The third-order valence-electron chi connectivity index (χ3n) is 5.18. The summed E-state index contributed by atoms with van der Waals surface area (Å²) in [6.07, 6.45) is 0. The molecule has 1 fully saturated rings. The second kappa shape index (κ2) is 8.65. The first kappa shape index (κ1) is 20.1. The first-order valence-electron chi connectivity index (χ1n) is 9.58. The number of nitrogens with one attached hydrogen (secondary N) is 1. The van der Waals surface area contributed by atoms with Crippen molar-refractivity contribution in [1.82, 2.24) is 15.2 Å². The predicted molar refractivity (Wildman–Crippen MR) is 117 cm³/mol. The minimum absolute atomic E-state index is 0.244. The maximum absolute atomic E-state index is 13.2. The first-order chi connectivity index (χ1) is 14.0. The number of halogens is 2. The van der Waals surface area contributed by atoms with Crippen LogP contribution in [0.5, 0.6) is 0 Å². The van der Waals surface area contributed by atoms with Crippen LogP contribution in [0.25, 0.3) is 10.2 Å². The predicted octanol–water partition coefficient (Wildman–Crippen LogP) is 3.95. The highest BCUT2D eigenvalue weighted by Crippen LogP contribution is 2.33. The molecule has 1 aliphatic heterocycles. The fourth-order valence-electron chi connectivity index (χ4n) is 3.45. The zero-order chi connectivity index (χ0) is 20.4. The van der Waals surface area contributed by atoms with Crippen molar-refractivity contribution in [3.63, 3.8) is 0 Å². The topological polar surface area (TPSA) is 48.5 Å². The number of aryl methyl sites for hydroxylation is 1. The van der Waals surface area contributed by atoms with Crippen molar-refractivity contribution in [2.45, 2.75) is 6.92 Å². The molecule has 1 aromatic heterocycles. The van der Waals surface area contributed by atoms with Crippen LogP contribution in [0, 0.1) is 12.7 Å². The Morgan fingerprint density at radius 1 is 1.24 bits per heavy atom. The van der Waals surface area contributed by atoms with E-state index in [2.05, 4.69) is 15.1 Å². The molecule has 3 aromatic rings. The SMILES string of the molecule is Cc1c(Cl)ccc2sc(N3CCN(CCNC(=O)c4cccc(F)c4)CC3)nc12. The summed E-state index contributed by atoms with van der Waals surface area (Å²) in [4.78, 5) is 21.5. The van der Waals surface area contributed by atoms with E-state index in [1.165, 1.54) is 12.1 Å². The number of aromatic nitrogens is 1. The smallest absolute Gasteiger partial charge is 0.251 e. The van der Waals surface area contributed by atoms with Gasteiger partial charge in [0.15, 0.2) is 5.13 Å². The first-order valence-corrected chi connectivity index (χ1v) is 10.8. The quantitative estimate of drug-likeness (QED) is 0.663. The number of benzene rings is 2. The average Bonchev–Trinajstić information content (AvgIpc) is 3.16. The summed E-state index contributed by atoms with van der Waals surface area (Å²) in [6.45, 7) is 6.91. The van der Waals surface area contributed by atoms with Crippen LogP contribution in [-0.2, 0) is 0 Å². The Hall–Kier alpha value is -2.22. The van der Waals surface area contributed by atoms with E-state index >= 15 is 0 Å². The van der Waals surface area contributed by atoms with Gasteiger partial charge in [0.05, 0.1) is 10.2 Å². The molecule has 0 aliphatic carbocycles. The van der Waals surface area contributed by atoms with E-state index in [1.54, 1.807) is 23.5 Å². The Labute approximate surface area is 178 Å². The number of hydrogen-bond donors (Lipinski definition) is 1. The molecule has 1 aliphatic rings. The summed E-state index contributed by atoms with van der Waals surface area (Å²) in [5.41, 5.74) is 2.36. The van der Waals surface area contributed by atoms with Gasteiger partial charge >= 0.3 is 0 Å². The maximum atomic E-state index is 13.2. The molecule has 4 rings (SSSR count). The van der Waals surface area contributed by atoms with Gasteiger partial charge in [0.25, 0.3) is 5.91 Å². The Morgan fingerprint density at radius 2 is 2.03 bits per heavy atom. The van der Waals surface area contributed by atoms with Crippen molar-refractivity contribution in [3.05, 3.63) is 58.4 Å². The molecule has 8 heteroatoms. The van der Waals surface area contributed by atoms with Gasteiger partial charge in [0.2, 0.25) is 0 Å². The highest BCUT2D eigenvalue weighted by Gasteiger charge is 2.20. The van der Waals surface area contributed by atoms with Crippen LogP contribution >= 0.6 is 22.9 Å². The maximum Gasteiger partial charge on any atom is 0.251 e. The Kier molecular flexibility index (Phi) is 5.99. The Bertz CT molecular complexity index is 1030. The van der Waals surface area contributed by atoms with Gasteiger partial charge < -0.3 is 10.2 Å². The molecule has 1 saturated heterocycles. The fraction of sp³-hybridized carbons (Fsp3) is 0.333. The molecule has 1 amide bonds. The van der Waals surface area contributed by atoms with Gasteiger partial charge in [-0.15, -0.1) is 0 Å². The van der Waals surface area contributed by atoms with Crippen molar-refractivity contribution in [1.29, 1.82) is 0 Å². The van der Waals surface area contributed by atoms with E-state index in [4.69, 9.17) is 16.6 Å². The van der Waals surface area contributed by atoms with Crippen LogP contribution in [0.4, 0.5) is 9.52 Å². The van der Waals surface area contributed by atoms with Crippen molar-refractivity contribution < 1.29 is 9.18 Å². The van der Waals surface area contributed by atoms with Gasteiger partial charge in [-0.3, -0.25) is 9.69 Å². The molecule has 0 spiro atoms. The highest BCUT2D eigenvalue weighted by molar-refractivity contribution is 7.22. The molecule has 152 valence electrons. The lowest BCUT2D eigenvalue weighted by Crippen LogP contribution is -2.48. The summed E-state index contributed by atoms with van der Waals surface area (Å²) >= 11 is 7.91. The number of thiazole rings is 1. The average molecular weight is 433 g/mol. The number of piperazine rings is 1. The standard InChI is InChI=1S/C21H22ClFN4OS/c1-14-17(22)5-6-18-19(14)25-21(29-18)27-11-9-26(10-12-27)8-7-24-20(28)15-3-2-4-16(23)13-15/h2-6,13H,7-12H2,1H3,(H,24,28). The molecule has 0 unspecified atom stereocenters. The van der Waals surface area contributed by atoms with Crippen LogP contribution in [-0.4, -0.2) is 55.1 Å². The van der Waals surface area contributed by atoms with E-state index < -0.39 is 5.82 Å². The molecule has 1 N–H and O–H groups in total. The molecule has 0 atom stereocenters. The molecule has 2 aromatic carbocycles. The van der Waals surface area contributed by atoms with Crippen molar-refractivity contribution in [2.24, 2.45) is 0 Å². The number of carbonyl (C=O) groups excluding carboxylic acids is 1. The van der Waals surface area contributed by atoms with Gasteiger partial charge in [0, 0.05) is 49.9 Å². The minimum atomic E-state index is -0.402. The van der Waals surface area contributed by atoms with Crippen LogP contribution < -0.4 is 10.2 Å². The summed E-state index contributed by atoms with van der Waals surface area (Å²) in [7, 11) is 0. The summed E-state index contributed by atoms with van der Waals surface area (Å²) in [5, 5.41) is 4.64. The van der Waals surface area contributed by atoms with E-state index in [0.717, 1.165) is 58.7 Å². The molecule has 29 heavy (non-hydrogen) atoms. The van der Waals surface area contributed by atoms with E-state index in [9.17, 15) is 9.18 Å². The van der Waals surface area contributed by atoms with Crippen LogP contribution in [0.1, 0.15) is 15.9 Å². The number of nitrogens with zero attached hydrogens (tertiary/aromatic N) is 3. The third-order valence-corrected chi connectivity index (χ3v) is 6.67. The van der Waals surface area contributed by atoms with E-state index in [1.807, 2.05) is 19.1 Å². The lowest BCUT2D eigenvalue weighted by molar-refractivity contribution is 0.0947. The fourth-order valence-corrected chi connectivity index (χ4v) is 4.68. The molecular weight excluding hydrogens is 411 g/mol.